The molecule has 98 valence electrons. The minimum Gasteiger partial charge on any atom is -0.380 e. The Morgan fingerprint density at radius 2 is 2.06 bits per heavy atom. The van der Waals surface area contributed by atoms with Crippen LogP contribution in [0.4, 0.5) is 5.95 Å². The van der Waals surface area contributed by atoms with Crippen LogP contribution in [0.5, 0.6) is 0 Å². The summed E-state index contributed by atoms with van der Waals surface area (Å²) in [6.07, 6.45) is 7.54. The van der Waals surface area contributed by atoms with E-state index >= 15 is 0 Å². The van der Waals surface area contributed by atoms with E-state index in [4.69, 9.17) is 4.74 Å². The molecule has 2 heterocycles. The molecule has 2 aliphatic rings. The van der Waals surface area contributed by atoms with Gasteiger partial charge in [-0.25, -0.2) is 9.97 Å². The standard InChI is InChI=1S/C13H20N4O/c1-4-17(5-7-18-6-1)13-15-9-11(10-16-13)8-14-12-2-3-12/h9-10,12,14H,1-8H2. The van der Waals surface area contributed by atoms with Crippen molar-refractivity contribution in [1.82, 2.24) is 15.3 Å². The summed E-state index contributed by atoms with van der Waals surface area (Å²) in [6, 6.07) is 0.729. The average Bonchev–Trinajstić information content (AvgIpc) is 3.24. The summed E-state index contributed by atoms with van der Waals surface area (Å²) in [5.41, 5.74) is 1.16. The van der Waals surface area contributed by atoms with Crippen LogP contribution in [0.25, 0.3) is 0 Å². The molecular formula is C13H20N4O. The summed E-state index contributed by atoms with van der Waals surface area (Å²) in [7, 11) is 0. The van der Waals surface area contributed by atoms with Gasteiger partial charge >= 0.3 is 0 Å². The number of ether oxygens (including phenoxy) is 1. The van der Waals surface area contributed by atoms with Gasteiger partial charge < -0.3 is 15.0 Å². The van der Waals surface area contributed by atoms with Gasteiger partial charge in [-0.1, -0.05) is 0 Å². The van der Waals surface area contributed by atoms with Crippen LogP contribution in [-0.4, -0.2) is 42.3 Å². The van der Waals surface area contributed by atoms with Crippen molar-refractivity contribution >= 4 is 5.95 Å². The minimum absolute atomic E-state index is 0.729. The van der Waals surface area contributed by atoms with E-state index in [0.29, 0.717) is 0 Å². The lowest BCUT2D eigenvalue weighted by Gasteiger charge is -2.19. The Morgan fingerprint density at radius 1 is 1.22 bits per heavy atom. The predicted octanol–water partition coefficient (Wildman–Crippen LogP) is 0.955. The molecule has 1 saturated carbocycles. The highest BCUT2D eigenvalue weighted by Gasteiger charge is 2.20. The lowest BCUT2D eigenvalue weighted by molar-refractivity contribution is 0.152. The van der Waals surface area contributed by atoms with Crippen LogP contribution < -0.4 is 10.2 Å². The summed E-state index contributed by atoms with van der Waals surface area (Å²) >= 11 is 0. The van der Waals surface area contributed by atoms with Crippen LogP contribution in [0.15, 0.2) is 12.4 Å². The van der Waals surface area contributed by atoms with Crippen molar-refractivity contribution in [3.63, 3.8) is 0 Å². The molecule has 0 aromatic carbocycles. The average molecular weight is 248 g/mol. The summed E-state index contributed by atoms with van der Waals surface area (Å²) in [4.78, 5) is 11.1. The molecule has 2 fully saturated rings. The highest BCUT2D eigenvalue weighted by atomic mass is 16.5. The van der Waals surface area contributed by atoms with Gasteiger partial charge in [0, 0.05) is 50.2 Å². The number of rotatable bonds is 4. The Kier molecular flexibility index (Phi) is 3.71. The number of anilines is 1. The molecule has 0 atom stereocenters. The van der Waals surface area contributed by atoms with E-state index in [1.54, 1.807) is 0 Å². The molecule has 5 nitrogen and oxygen atoms in total. The topological polar surface area (TPSA) is 50.3 Å². The van der Waals surface area contributed by atoms with Gasteiger partial charge in [-0.3, -0.25) is 0 Å². The van der Waals surface area contributed by atoms with Crippen LogP contribution >= 0.6 is 0 Å². The second kappa shape index (κ2) is 5.63. The Bertz CT molecular complexity index is 369. The monoisotopic (exact) mass is 248 g/mol. The lowest BCUT2D eigenvalue weighted by atomic mass is 10.3. The van der Waals surface area contributed by atoms with Crippen molar-refractivity contribution in [3.05, 3.63) is 18.0 Å². The summed E-state index contributed by atoms with van der Waals surface area (Å²) in [5, 5.41) is 3.47. The molecule has 1 saturated heterocycles. The Labute approximate surface area is 108 Å². The first-order chi connectivity index (χ1) is 8.92. The molecule has 5 heteroatoms. The fraction of sp³-hybridized carbons (Fsp3) is 0.692. The second-order valence-corrected chi connectivity index (χ2v) is 5.00. The van der Waals surface area contributed by atoms with Gasteiger partial charge in [0.15, 0.2) is 0 Å². The summed E-state index contributed by atoms with van der Waals surface area (Å²) in [5.74, 6) is 0.829. The highest BCUT2D eigenvalue weighted by molar-refractivity contribution is 5.29. The molecule has 1 aromatic heterocycles. The van der Waals surface area contributed by atoms with E-state index < -0.39 is 0 Å². The minimum atomic E-state index is 0.729. The van der Waals surface area contributed by atoms with Crippen LogP contribution in [0.3, 0.4) is 0 Å². The van der Waals surface area contributed by atoms with Gasteiger partial charge in [-0.2, -0.15) is 0 Å². The van der Waals surface area contributed by atoms with Crippen LogP contribution in [0.1, 0.15) is 24.8 Å². The summed E-state index contributed by atoms with van der Waals surface area (Å²) < 4.78 is 5.43. The van der Waals surface area contributed by atoms with Gasteiger partial charge in [0.1, 0.15) is 0 Å². The molecule has 1 aliphatic carbocycles. The first-order valence-corrected chi connectivity index (χ1v) is 6.79. The Balaban J connectivity index is 1.58. The molecule has 0 amide bonds. The van der Waals surface area contributed by atoms with Gasteiger partial charge in [0.05, 0.1) is 6.61 Å². The molecule has 0 spiro atoms. The SMILES string of the molecule is c1nc(N2CCCOCC2)ncc1CNC1CC1. The molecule has 0 unspecified atom stereocenters. The number of nitrogens with zero attached hydrogens (tertiary/aromatic N) is 3. The zero-order valence-electron chi connectivity index (χ0n) is 10.6. The van der Waals surface area contributed by atoms with Crippen LogP contribution in [0.2, 0.25) is 0 Å². The van der Waals surface area contributed by atoms with Crippen molar-refractivity contribution in [1.29, 1.82) is 0 Å². The number of nitrogens with one attached hydrogen (secondary N) is 1. The molecule has 0 bridgehead atoms. The van der Waals surface area contributed by atoms with E-state index in [0.717, 1.165) is 56.8 Å². The normalized spacial score (nSPS) is 20.8. The molecule has 3 rings (SSSR count). The fourth-order valence-corrected chi connectivity index (χ4v) is 2.10. The maximum atomic E-state index is 5.43. The Hall–Kier alpha value is -1.20. The maximum Gasteiger partial charge on any atom is 0.225 e. The van der Waals surface area contributed by atoms with Crippen molar-refractivity contribution in [2.75, 3.05) is 31.2 Å². The van der Waals surface area contributed by atoms with Crippen molar-refractivity contribution in [3.8, 4) is 0 Å². The second-order valence-electron chi connectivity index (χ2n) is 5.00. The lowest BCUT2D eigenvalue weighted by Crippen LogP contribution is -2.28. The van der Waals surface area contributed by atoms with Gasteiger partial charge in [0.2, 0.25) is 5.95 Å². The van der Waals surface area contributed by atoms with Crippen molar-refractivity contribution < 1.29 is 4.74 Å². The zero-order chi connectivity index (χ0) is 12.2. The number of aromatic nitrogens is 2. The first-order valence-electron chi connectivity index (χ1n) is 6.79. The molecular weight excluding hydrogens is 228 g/mol. The highest BCUT2D eigenvalue weighted by Crippen LogP contribution is 2.19. The fourth-order valence-electron chi connectivity index (χ4n) is 2.10. The zero-order valence-corrected chi connectivity index (χ0v) is 10.6. The van der Waals surface area contributed by atoms with E-state index in [1.165, 1.54) is 12.8 Å². The predicted molar refractivity (Wildman–Crippen MR) is 69.5 cm³/mol. The third-order valence-corrected chi connectivity index (χ3v) is 3.37. The van der Waals surface area contributed by atoms with Crippen LogP contribution in [-0.2, 0) is 11.3 Å². The largest absolute Gasteiger partial charge is 0.380 e. The molecule has 1 aromatic rings. The quantitative estimate of drug-likeness (QED) is 0.860. The number of hydrogen-bond acceptors (Lipinski definition) is 5. The van der Waals surface area contributed by atoms with E-state index in [1.807, 2.05) is 12.4 Å². The molecule has 1 aliphatic heterocycles. The van der Waals surface area contributed by atoms with E-state index in [9.17, 15) is 0 Å². The number of hydrogen-bond donors (Lipinski definition) is 1. The summed E-state index contributed by atoms with van der Waals surface area (Å²) in [6.45, 7) is 4.38. The molecule has 0 radical (unpaired) electrons. The maximum absolute atomic E-state index is 5.43. The third-order valence-electron chi connectivity index (χ3n) is 3.37. The molecule has 18 heavy (non-hydrogen) atoms. The van der Waals surface area contributed by atoms with E-state index in [-0.39, 0.29) is 0 Å². The van der Waals surface area contributed by atoms with Gasteiger partial charge in [-0.05, 0) is 19.3 Å². The van der Waals surface area contributed by atoms with E-state index in [2.05, 4.69) is 20.2 Å². The molecule has 1 N–H and O–H groups in total. The smallest absolute Gasteiger partial charge is 0.225 e. The van der Waals surface area contributed by atoms with Gasteiger partial charge in [0.25, 0.3) is 0 Å². The van der Waals surface area contributed by atoms with Crippen LogP contribution in [0, 0.1) is 0 Å². The third kappa shape index (κ3) is 3.17. The van der Waals surface area contributed by atoms with Crippen molar-refractivity contribution in [2.45, 2.75) is 31.8 Å². The first kappa shape index (κ1) is 11.9. The Morgan fingerprint density at radius 3 is 2.83 bits per heavy atom. The van der Waals surface area contributed by atoms with Crippen molar-refractivity contribution in [2.24, 2.45) is 0 Å². The van der Waals surface area contributed by atoms with Gasteiger partial charge in [-0.15, -0.1) is 0 Å².